The van der Waals surface area contributed by atoms with Crippen LogP contribution >= 0.6 is 11.8 Å². The molecule has 0 amide bonds. The minimum Gasteiger partial charge on any atom is -0.310 e. The van der Waals surface area contributed by atoms with Gasteiger partial charge in [0.05, 0.1) is 4.90 Å². The lowest BCUT2D eigenvalue weighted by Gasteiger charge is -2.10. The first-order chi connectivity index (χ1) is 9.72. The zero-order valence-corrected chi connectivity index (χ0v) is 11.7. The molecule has 104 valence electrons. The van der Waals surface area contributed by atoms with E-state index in [0.717, 1.165) is 23.1 Å². The Morgan fingerprint density at radius 3 is 2.65 bits per heavy atom. The average Bonchev–Trinajstić information content (AvgIpc) is 3.26. The Balaban J connectivity index is 1.80. The first-order valence-corrected chi connectivity index (χ1v) is 7.48. The van der Waals surface area contributed by atoms with Crippen LogP contribution in [0.4, 0.5) is 8.78 Å². The van der Waals surface area contributed by atoms with Crippen LogP contribution in [0.5, 0.6) is 0 Å². The minimum atomic E-state index is -0.414. The van der Waals surface area contributed by atoms with Crippen LogP contribution in [0.3, 0.4) is 0 Å². The maximum atomic E-state index is 13.7. The summed E-state index contributed by atoms with van der Waals surface area (Å²) in [5, 5.41) is 3.44. The zero-order chi connectivity index (χ0) is 13.9. The SMILES string of the molecule is Fc1ccc(F)c(Sc2ccccc2CNC2CC2)c1. The van der Waals surface area contributed by atoms with Crippen molar-refractivity contribution in [3.63, 3.8) is 0 Å². The molecule has 0 unspecified atom stereocenters. The molecule has 1 fully saturated rings. The smallest absolute Gasteiger partial charge is 0.137 e. The molecule has 20 heavy (non-hydrogen) atoms. The Morgan fingerprint density at radius 1 is 1.05 bits per heavy atom. The second-order valence-corrected chi connectivity index (χ2v) is 6.02. The van der Waals surface area contributed by atoms with Gasteiger partial charge in [0.25, 0.3) is 0 Å². The standard InChI is InChI=1S/C16H15F2NS/c17-12-5-8-14(18)16(9-12)20-15-4-2-1-3-11(15)10-19-13-6-7-13/h1-5,8-9,13,19H,6-7,10H2. The fourth-order valence-corrected chi connectivity index (χ4v) is 2.96. The molecule has 1 saturated carbocycles. The van der Waals surface area contributed by atoms with Crippen molar-refractivity contribution in [2.24, 2.45) is 0 Å². The summed E-state index contributed by atoms with van der Waals surface area (Å²) in [6.07, 6.45) is 2.46. The molecule has 0 radical (unpaired) electrons. The fraction of sp³-hybridized carbons (Fsp3) is 0.250. The maximum absolute atomic E-state index is 13.7. The van der Waals surface area contributed by atoms with Crippen molar-refractivity contribution >= 4 is 11.8 Å². The van der Waals surface area contributed by atoms with Gasteiger partial charge in [-0.2, -0.15) is 0 Å². The quantitative estimate of drug-likeness (QED) is 0.878. The molecule has 4 heteroatoms. The highest BCUT2D eigenvalue weighted by molar-refractivity contribution is 7.99. The first kappa shape index (κ1) is 13.6. The molecule has 0 aromatic heterocycles. The van der Waals surface area contributed by atoms with Gasteiger partial charge in [0.1, 0.15) is 11.6 Å². The molecule has 2 aromatic rings. The van der Waals surface area contributed by atoms with Gasteiger partial charge in [-0.05, 0) is 42.7 Å². The lowest BCUT2D eigenvalue weighted by atomic mass is 10.2. The lowest BCUT2D eigenvalue weighted by Crippen LogP contribution is -2.15. The van der Waals surface area contributed by atoms with Crippen LogP contribution < -0.4 is 5.32 Å². The molecule has 0 heterocycles. The number of rotatable bonds is 5. The van der Waals surface area contributed by atoms with Crippen LogP contribution in [0.15, 0.2) is 52.3 Å². The number of hydrogen-bond acceptors (Lipinski definition) is 2. The zero-order valence-electron chi connectivity index (χ0n) is 10.9. The molecule has 0 bridgehead atoms. The highest BCUT2D eigenvalue weighted by Gasteiger charge is 2.20. The summed E-state index contributed by atoms with van der Waals surface area (Å²) >= 11 is 1.27. The van der Waals surface area contributed by atoms with Crippen molar-refractivity contribution < 1.29 is 8.78 Å². The number of benzene rings is 2. The van der Waals surface area contributed by atoms with Gasteiger partial charge in [0.2, 0.25) is 0 Å². The van der Waals surface area contributed by atoms with Crippen LogP contribution in [0.25, 0.3) is 0 Å². The third-order valence-electron chi connectivity index (χ3n) is 3.24. The van der Waals surface area contributed by atoms with Crippen LogP contribution in [-0.4, -0.2) is 6.04 Å². The van der Waals surface area contributed by atoms with Gasteiger partial charge in [-0.3, -0.25) is 0 Å². The van der Waals surface area contributed by atoms with Crippen molar-refractivity contribution in [2.45, 2.75) is 35.2 Å². The molecule has 1 N–H and O–H groups in total. The average molecular weight is 291 g/mol. The normalized spacial score (nSPS) is 14.5. The highest BCUT2D eigenvalue weighted by atomic mass is 32.2. The summed E-state index contributed by atoms with van der Waals surface area (Å²) in [6.45, 7) is 0.769. The molecule has 1 aliphatic rings. The predicted octanol–water partition coefficient (Wildman–Crippen LogP) is 4.37. The summed E-state index contributed by atoms with van der Waals surface area (Å²) in [7, 11) is 0. The second-order valence-electron chi connectivity index (χ2n) is 4.94. The summed E-state index contributed by atoms with van der Waals surface area (Å²) in [6, 6.07) is 12.0. The third kappa shape index (κ3) is 3.38. The maximum Gasteiger partial charge on any atom is 0.137 e. The van der Waals surface area contributed by atoms with Crippen LogP contribution in [-0.2, 0) is 6.54 Å². The van der Waals surface area contributed by atoms with E-state index in [-0.39, 0.29) is 5.82 Å². The van der Waals surface area contributed by atoms with Crippen molar-refractivity contribution in [2.75, 3.05) is 0 Å². The molecule has 0 aliphatic heterocycles. The lowest BCUT2D eigenvalue weighted by molar-refractivity contribution is 0.577. The monoisotopic (exact) mass is 291 g/mol. The predicted molar refractivity (Wildman–Crippen MR) is 76.8 cm³/mol. The van der Waals surface area contributed by atoms with Crippen molar-refractivity contribution in [3.05, 3.63) is 59.7 Å². The highest BCUT2D eigenvalue weighted by Crippen LogP contribution is 2.33. The largest absolute Gasteiger partial charge is 0.310 e. The van der Waals surface area contributed by atoms with Gasteiger partial charge in [0, 0.05) is 17.5 Å². The molecule has 3 rings (SSSR count). The van der Waals surface area contributed by atoms with Gasteiger partial charge in [-0.1, -0.05) is 30.0 Å². The Hall–Kier alpha value is -1.39. The Morgan fingerprint density at radius 2 is 1.85 bits per heavy atom. The van der Waals surface area contributed by atoms with E-state index in [0.29, 0.717) is 10.9 Å². The van der Waals surface area contributed by atoms with E-state index in [1.807, 2.05) is 24.3 Å². The summed E-state index contributed by atoms with van der Waals surface area (Å²) in [4.78, 5) is 1.29. The first-order valence-electron chi connectivity index (χ1n) is 6.66. The van der Waals surface area contributed by atoms with Crippen molar-refractivity contribution in [3.8, 4) is 0 Å². The Kier molecular flexibility index (Phi) is 4.03. The molecule has 2 aromatic carbocycles. The van der Waals surface area contributed by atoms with Gasteiger partial charge in [0.15, 0.2) is 0 Å². The van der Waals surface area contributed by atoms with E-state index in [1.54, 1.807) is 0 Å². The summed E-state index contributed by atoms with van der Waals surface area (Å²) in [5.74, 6) is -0.802. The van der Waals surface area contributed by atoms with Gasteiger partial charge >= 0.3 is 0 Å². The van der Waals surface area contributed by atoms with Gasteiger partial charge in [-0.15, -0.1) is 0 Å². The molecule has 0 atom stereocenters. The summed E-state index contributed by atoms with van der Waals surface area (Å²) in [5.41, 5.74) is 1.12. The number of hydrogen-bond donors (Lipinski definition) is 1. The molecule has 0 saturated heterocycles. The molecule has 1 nitrogen and oxygen atoms in total. The van der Waals surface area contributed by atoms with E-state index in [2.05, 4.69) is 5.32 Å². The van der Waals surface area contributed by atoms with E-state index < -0.39 is 5.82 Å². The van der Waals surface area contributed by atoms with E-state index in [9.17, 15) is 8.78 Å². The molecular weight excluding hydrogens is 276 g/mol. The topological polar surface area (TPSA) is 12.0 Å². The van der Waals surface area contributed by atoms with E-state index in [4.69, 9.17) is 0 Å². The minimum absolute atomic E-state index is 0.323. The second kappa shape index (κ2) is 5.94. The van der Waals surface area contributed by atoms with Crippen molar-refractivity contribution in [1.82, 2.24) is 5.32 Å². The van der Waals surface area contributed by atoms with E-state index in [1.165, 1.54) is 36.7 Å². The molecule has 0 spiro atoms. The van der Waals surface area contributed by atoms with Gasteiger partial charge in [-0.25, -0.2) is 8.78 Å². The van der Waals surface area contributed by atoms with Gasteiger partial charge < -0.3 is 5.32 Å². The third-order valence-corrected chi connectivity index (χ3v) is 4.40. The van der Waals surface area contributed by atoms with Crippen molar-refractivity contribution in [1.29, 1.82) is 0 Å². The Bertz CT molecular complexity index is 611. The molecule has 1 aliphatic carbocycles. The summed E-state index contributed by atoms with van der Waals surface area (Å²) < 4.78 is 26.9. The van der Waals surface area contributed by atoms with Crippen LogP contribution in [0.1, 0.15) is 18.4 Å². The number of halogens is 2. The van der Waals surface area contributed by atoms with Crippen LogP contribution in [0, 0.1) is 11.6 Å². The Labute approximate surface area is 121 Å². The fourth-order valence-electron chi connectivity index (χ4n) is 1.97. The molecular formula is C16H15F2NS. The number of nitrogens with one attached hydrogen (secondary N) is 1. The van der Waals surface area contributed by atoms with E-state index >= 15 is 0 Å². The van der Waals surface area contributed by atoms with Crippen LogP contribution in [0.2, 0.25) is 0 Å².